The highest BCUT2D eigenvalue weighted by atomic mass is 16.1. The van der Waals surface area contributed by atoms with Gasteiger partial charge < -0.3 is 5.32 Å². The van der Waals surface area contributed by atoms with Crippen LogP contribution in [0.5, 0.6) is 0 Å². The topological polar surface area (TPSA) is 29.1 Å². The van der Waals surface area contributed by atoms with Crippen molar-refractivity contribution in [3.8, 4) is 0 Å². The number of carbonyl (C=O) groups is 1. The number of rotatable bonds is 5. The van der Waals surface area contributed by atoms with Crippen LogP contribution in [0, 0.1) is 17.3 Å². The van der Waals surface area contributed by atoms with Crippen molar-refractivity contribution in [1.29, 1.82) is 0 Å². The number of hydrogen-bond donors (Lipinski definition) is 1. The molecule has 150 valence electrons. The van der Waals surface area contributed by atoms with Gasteiger partial charge in [-0.3, -0.25) is 4.79 Å². The Morgan fingerprint density at radius 1 is 1.00 bits per heavy atom. The summed E-state index contributed by atoms with van der Waals surface area (Å²) in [6, 6.07) is 24.8. The van der Waals surface area contributed by atoms with E-state index in [9.17, 15) is 4.79 Å². The molecule has 30 heavy (non-hydrogen) atoms. The Labute approximate surface area is 178 Å². The van der Waals surface area contributed by atoms with Gasteiger partial charge in [-0.05, 0) is 71.1 Å². The molecule has 2 aliphatic carbocycles. The zero-order valence-corrected chi connectivity index (χ0v) is 17.3. The minimum absolute atomic E-state index is 0.0456. The van der Waals surface area contributed by atoms with Crippen molar-refractivity contribution in [2.45, 2.75) is 26.2 Å². The van der Waals surface area contributed by atoms with E-state index in [-0.39, 0.29) is 11.3 Å². The molecule has 2 heteroatoms. The van der Waals surface area contributed by atoms with E-state index in [2.05, 4.69) is 72.9 Å². The number of benzene rings is 3. The van der Waals surface area contributed by atoms with Crippen molar-refractivity contribution < 1.29 is 4.79 Å². The molecule has 0 spiro atoms. The Hall–Kier alpha value is -3.13. The third kappa shape index (κ3) is 3.82. The fourth-order valence-electron chi connectivity index (χ4n) is 4.86. The molecule has 3 aromatic rings. The van der Waals surface area contributed by atoms with Gasteiger partial charge in [-0.2, -0.15) is 0 Å². The zero-order valence-electron chi connectivity index (χ0n) is 17.3. The highest BCUT2D eigenvalue weighted by molar-refractivity contribution is 5.95. The molecule has 0 saturated heterocycles. The summed E-state index contributed by atoms with van der Waals surface area (Å²) < 4.78 is 0. The third-order valence-corrected chi connectivity index (χ3v) is 6.78. The lowest BCUT2D eigenvalue weighted by molar-refractivity contribution is 0.0966. The molecule has 1 saturated carbocycles. The SMILES string of the molecule is CC1([C@@H]2C[C@@H]2Cc2ccc3ccccc3c2)C=CC(NC(=O)c2ccccc2)=CC1. The largest absolute Gasteiger partial charge is 0.322 e. The Bertz CT molecular complexity index is 1140. The molecule has 1 amide bonds. The molecular formula is C28H27NO. The first-order chi connectivity index (χ1) is 14.6. The van der Waals surface area contributed by atoms with E-state index in [1.54, 1.807) is 0 Å². The number of fused-ring (bicyclic) bond motifs is 1. The van der Waals surface area contributed by atoms with Crippen LogP contribution in [-0.4, -0.2) is 5.91 Å². The Morgan fingerprint density at radius 2 is 1.77 bits per heavy atom. The second-order valence-corrected chi connectivity index (χ2v) is 9.01. The van der Waals surface area contributed by atoms with E-state index in [0.29, 0.717) is 11.5 Å². The molecule has 1 unspecified atom stereocenters. The maximum Gasteiger partial charge on any atom is 0.255 e. The first kappa shape index (κ1) is 18.9. The minimum Gasteiger partial charge on any atom is -0.322 e. The van der Waals surface area contributed by atoms with E-state index in [0.717, 1.165) is 24.5 Å². The van der Waals surface area contributed by atoms with E-state index in [1.165, 1.54) is 22.8 Å². The molecule has 3 atom stereocenters. The summed E-state index contributed by atoms with van der Waals surface area (Å²) in [7, 11) is 0. The van der Waals surface area contributed by atoms with Gasteiger partial charge >= 0.3 is 0 Å². The lowest BCUT2D eigenvalue weighted by Gasteiger charge is -2.29. The van der Waals surface area contributed by atoms with Gasteiger partial charge in [0.05, 0.1) is 0 Å². The van der Waals surface area contributed by atoms with Crippen LogP contribution in [0.4, 0.5) is 0 Å². The van der Waals surface area contributed by atoms with Gasteiger partial charge in [0, 0.05) is 11.3 Å². The molecular weight excluding hydrogens is 366 g/mol. The lowest BCUT2D eigenvalue weighted by atomic mass is 9.77. The summed E-state index contributed by atoms with van der Waals surface area (Å²) in [5, 5.41) is 5.68. The molecule has 0 radical (unpaired) electrons. The van der Waals surface area contributed by atoms with E-state index in [4.69, 9.17) is 0 Å². The van der Waals surface area contributed by atoms with Crippen LogP contribution in [0.2, 0.25) is 0 Å². The molecule has 3 aromatic carbocycles. The van der Waals surface area contributed by atoms with Crippen molar-refractivity contribution >= 4 is 16.7 Å². The molecule has 0 aromatic heterocycles. The standard InChI is InChI=1S/C28H27NO/c1-28(15-13-25(14-16-28)29-27(30)22-8-3-2-4-9-22)26-19-24(26)18-20-11-12-21-7-5-6-10-23(21)17-20/h2-15,17,24,26H,16,18-19H2,1H3,(H,29,30)/t24-,26+,28?/m0/s1. The monoisotopic (exact) mass is 393 g/mol. The summed E-state index contributed by atoms with van der Waals surface area (Å²) in [6.07, 6.45) is 10.0. The zero-order chi connectivity index (χ0) is 20.6. The summed E-state index contributed by atoms with van der Waals surface area (Å²) in [5.41, 5.74) is 3.23. The molecule has 0 aliphatic heterocycles. The smallest absolute Gasteiger partial charge is 0.255 e. The van der Waals surface area contributed by atoms with Gasteiger partial charge in [0.2, 0.25) is 0 Å². The van der Waals surface area contributed by atoms with Crippen LogP contribution in [0.1, 0.15) is 35.7 Å². The normalized spacial score (nSPS) is 25.0. The van der Waals surface area contributed by atoms with Gasteiger partial charge in [0.15, 0.2) is 0 Å². The highest BCUT2D eigenvalue weighted by Crippen LogP contribution is 2.55. The second-order valence-electron chi connectivity index (χ2n) is 9.01. The number of hydrogen-bond acceptors (Lipinski definition) is 1. The first-order valence-corrected chi connectivity index (χ1v) is 10.8. The van der Waals surface area contributed by atoms with Crippen LogP contribution in [0.15, 0.2) is 96.7 Å². The molecule has 1 fully saturated rings. The Morgan fingerprint density at radius 3 is 2.53 bits per heavy atom. The summed E-state index contributed by atoms with van der Waals surface area (Å²) in [4.78, 5) is 12.4. The van der Waals surface area contributed by atoms with Gasteiger partial charge in [0.1, 0.15) is 0 Å². The Kier molecular flexibility index (Phi) is 4.78. The molecule has 5 rings (SSSR count). The highest BCUT2D eigenvalue weighted by Gasteiger charge is 2.48. The maximum atomic E-state index is 12.4. The average molecular weight is 394 g/mol. The predicted octanol–water partition coefficient (Wildman–Crippen LogP) is 6.30. The number of amides is 1. The third-order valence-electron chi connectivity index (χ3n) is 6.78. The second kappa shape index (κ2) is 7.60. The molecule has 0 bridgehead atoms. The van der Waals surface area contributed by atoms with Gasteiger partial charge in [0.25, 0.3) is 5.91 Å². The van der Waals surface area contributed by atoms with Crippen LogP contribution < -0.4 is 5.32 Å². The van der Waals surface area contributed by atoms with Crippen LogP contribution >= 0.6 is 0 Å². The molecule has 1 N–H and O–H groups in total. The van der Waals surface area contributed by atoms with Gasteiger partial charge in [-0.25, -0.2) is 0 Å². The summed E-state index contributed by atoms with van der Waals surface area (Å²) in [5.74, 6) is 1.41. The molecule has 0 heterocycles. The predicted molar refractivity (Wildman–Crippen MR) is 123 cm³/mol. The molecule has 2 nitrogen and oxygen atoms in total. The fourth-order valence-corrected chi connectivity index (χ4v) is 4.86. The van der Waals surface area contributed by atoms with E-state index < -0.39 is 0 Å². The maximum absolute atomic E-state index is 12.4. The number of carbonyl (C=O) groups excluding carboxylic acids is 1. The first-order valence-electron chi connectivity index (χ1n) is 10.8. The quantitative estimate of drug-likeness (QED) is 0.541. The number of allylic oxidation sites excluding steroid dienone is 3. The lowest BCUT2D eigenvalue weighted by Crippen LogP contribution is -2.26. The Balaban J connectivity index is 1.20. The van der Waals surface area contributed by atoms with E-state index >= 15 is 0 Å². The molecule has 2 aliphatic rings. The minimum atomic E-state index is -0.0456. The van der Waals surface area contributed by atoms with Crippen molar-refractivity contribution in [2.75, 3.05) is 0 Å². The van der Waals surface area contributed by atoms with Crippen molar-refractivity contribution in [3.63, 3.8) is 0 Å². The number of nitrogens with one attached hydrogen (secondary N) is 1. The van der Waals surface area contributed by atoms with Crippen molar-refractivity contribution in [2.24, 2.45) is 17.3 Å². The van der Waals surface area contributed by atoms with Crippen molar-refractivity contribution in [1.82, 2.24) is 5.32 Å². The van der Waals surface area contributed by atoms with Gasteiger partial charge in [-0.15, -0.1) is 0 Å². The van der Waals surface area contributed by atoms with Gasteiger partial charge in [-0.1, -0.05) is 79.7 Å². The summed E-state index contributed by atoms with van der Waals surface area (Å²) >= 11 is 0. The fraction of sp³-hybridized carbons (Fsp3) is 0.250. The van der Waals surface area contributed by atoms with Crippen LogP contribution in [0.3, 0.4) is 0 Å². The summed E-state index contributed by atoms with van der Waals surface area (Å²) in [6.45, 7) is 2.36. The van der Waals surface area contributed by atoms with Crippen molar-refractivity contribution in [3.05, 3.63) is 108 Å². The average Bonchev–Trinajstić information content (AvgIpc) is 3.56. The van der Waals surface area contributed by atoms with E-state index in [1.807, 2.05) is 30.3 Å². The van der Waals surface area contributed by atoms with Crippen LogP contribution in [-0.2, 0) is 6.42 Å². The van der Waals surface area contributed by atoms with Crippen LogP contribution in [0.25, 0.3) is 10.8 Å².